The number of anilines is 3. The molecular formula is C43H25N3. The molecule has 0 unspecified atom stereocenters. The maximum atomic E-state index is 5.42. The summed E-state index contributed by atoms with van der Waals surface area (Å²) < 4.78 is 0. The minimum atomic E-state index is -0.407. The number of aromatic nitrogens is 2. The zero-order chi connectivity index (χ0) is 30.0. The predicted octanol–water partition coefficient (Wildman–Crippen LogP) is 10.6. The second kappa shape index (κ2) is 8.56. The molecule has 212 valence electrons. The molecule has 2 aliphatic carbocycles. The first-order chi connectivity index (χ1) is 22.9. The van der Waals surface area contributed by atoms with Gasteiger partial charge in [0.1, 0.15) is 5.82 Å². The number of pyridine rings is 2. The summed E-state index contributed by atoms with van der Waals surface area (Å²) in [5, 5.41) is 3.41. The molecule has 3 heteroatoms. The molecule has 6 aromatic carbocycles. The van der Waals surface area contributed by atoms with Crippen LogP contribution in [0.25, 0.3) is 55.2 Å². The smallest absolute Gasteiger partial charge is 0.148 e. The number of hydrogen-bond acceptors (Lipinski definition) is 3. The molecule has 0 radical (unpaired) electrons. The number of nitrogens with zero attached hydrogens (tertiary/aromatic N) is 3. The third-order valence-electron chi connectivity index (χ3n) is 10.4. The van der Waals surface area contributed by atoms with Gasteiger partial charge in [-0.25, -0.2) is 4.98 Å². The monoisotopic (exact) mass is 583 g/mol. The van der Waals surface area contributed by atoms with Gasteiger partial charge in [-0.15, -0.1) is 0 Å². The van der Waals surface area contributed by atoms with E-state index in [2.05, 4.69) is 150 Å². The first-order valence-electron chi connectivity index (χ1n) is 15.9. The molecule has 0 fully saturated rings. The second-order valence-electron chi connectivity index (χ2n) is 12.5. The van der Waals surface area contributed by atoms with Gasteiger partial charge in [0.05, 0.1) is 33.4 Å². The van der Waals surface area contributed by atoms with Crippen LogP contribution in [0.1, 0.15) is 22.3 Å². The number of benzene rings is 6. The number of fused-ring (bicyclic) bond motifs is 14. The molecule has 0 saturated heterocycles. The average molecular weight is 584 g/mol. The molecule has 1 spiro atoms. The second-order valence-corrected chi connectivity index (χ2v) is 12.5. The highest BCUT2D eigenvalue weighted by Gasteiger charge is 2.52. The summed E-state index contributed by atoms with van der Waals surface area (Å²) >= 11 is 0. The predicted molar refractivity (Wildman–Crippen MR) is 187 cm³/mol. The van der Waals surface area contributed by atoms with Crippen LogP contribution in [0, 0.1) is 0 Å². The third kappa shape index (κ3) is 2.76. The topological polar surface area (TPSA) is 29.0 Å². The van der Waals surface area contributed by atoms with Crippen molar-refractivity contribution in [2.75, 3.05) is 4.90 Å². The number of hydrogen-bond donors (Lipinski definition) is 0. The Kier molecular flexibility index (Phi) is 4.52. The van der Waals surface area contributed by atoms with Crippen molar-refractivity contribution >= 4 is 38.9 Å². The van der Waals surface area contributed by atoms with Gasteiger partial charge in [0.15, 0.2) is 0 Å². The lowest BCUT2D eigenvalue weighted by molar-refractivity contribution is 0.793. The molecular weight excluding hydrogens is 558 g/mol. The molecule has 1 aliphatic heterocycles. The van der Waals surface area contributed by atoms with Crippen molar-refractivity contribution in [3.63, 3.8) is 0 Å². The van der Waals surface area contributed by atoms with Gasteiger partial charge in [-0.1, -0.05) is 121 Å². The molecule has 3 aliphatic rings. The first kappa shape index (κ1) is 24.3. The van der Waals surface area contributed by atoms with Crippen LogP contribution in [0.4, 0.5) is 17.2 Å². The van der Waals surface area contributed by atoms with Crippen molar-refractivity contribution < 1.29 is 0 Å². The number of rotatable bonds is 1. The van der Waals surface area contributed by atoms with E-state index in [4.69, 9.17) is 9.97 Å². The summed E-state index contributed by atoms with van der Waals surface area (Å²) in [4.78, 5) is 12.8. The van der Waals surface area contributed by atoms with E-state index in [1.54, 1.807) is 0 Å². The molecule has 3 nitrogen and oxygen atoms in total. The van der Waals surface area contributed by atoms with Gasteiger partial charge in [-0.2, -0.15) is 0 Å². The highest BCUT2D eigenvalue weighted by molar-refractivity contribution is 6.20. The molecule has 11 rings (SSSR count). The Morgan fingerprint density at radius 2 is 1.04 bits per heavy atom. The van der Waals surface area contributed by atoms with Gasteiger partial charge in [-0.05, 0) is 68.6 Å². The maximum Gasteiger partial charge on any atom is 0.148 e. The van der Waals surface area contributed by atoms with Gasteiger partial charge in [-0.3, -0.25) is 9.88 Å². The molecule has 0 bridgehead atoms. The highest BCUT2D eigenvalue weighted by atomic mass is 15.2. The van der Waals surface area contributed by atoms with Gasteiger partial charge < -0.3 is 0 Å². The van der Waals surface area contributed by atoms with Crippen molar-refractivity contribution in [1.29, 1.82) is 0 Å². The lowest BCUT2D eigenvalue weighted by atomic mass is 9.70. The fourth-order valence-corrected chi connectivity index (χ4v) is 8.78. The summed E-state index contributed by atoms with van der Waals surface area (Å²) in [6.07, 6.45) is 1.94. The van der Waals surface area contributed by atoms with Crippen LogP contribution >= 0.6 is 0 Å². The minimum absolute atomic E-state index is 0.407. The van der Waals surface area contributed by atoms with Crippen LogP contribution in [0.15, 0.2) is 152 Å². The van der Waals surface area contributed by atoms with Crippen molar-refractivity contribution in [3.05, 3.63) is 174 Å². The summed E-state index contributed by atoms with van der Waals surface area (Å²) in [5.74, 6) is 0.926. The summed E-state index contributed by atoms with van der Waals surface area (Å²) in [5.41, 5.74) is 15.4. The average Bonchev–Trinajstić information content (AvgIpc) is 3.60. The van der Waals surface area contributed by atoms with E-state index in [-0.39, 0.29) is 0 Å². The molecule has 0 atom stereocenters. The quantitative estimate of drug-likeness (QED) is 0.180. The standard InChI is InChI=1S/C43H25N3/c1-6-17-32-26(12-1)27-13-2-7-18-33(27)43(32)34-19-8-3-15-30(34)39-35(43)20-11-23-38(39)46-37-22-10-5-16-31(37)41-40-29(24-25-44-41)28-14-4-9-21-36(28)45-42(40)46/h1-25H. The Hall–Kier alpha value is -6.06. The fraction of sp³-hybridized carbons (Fsp3) is 0.0233. The summed E-state index contributed by atoms with van der Waals surface area (Å²) in [7, 11) is 0. The van der Waals surface area contributed by atoms with Crippen LogP contribution in [0.5, 0.6) is 0 Å². The van der Waals surface area contributed by atoms with E-state index < -0.39 is 5.41 Å². The van der Waals surface area contributed by atoms with Gasteiger partial charge in [0.25, 0.3) is 0 Å². The Labute approximate surface area is 266 Å². The fourth-order valence-electron chi connectivity index (χ4n) is 8.78. The highest BCUT2D eigenvalue weighted by Crippen LogP contribution is 2.65. The summed E-state index contributed by atoms with van der Waals surface area (Å²) in [6, 6.07) is 53.1. The molecule has 2 aromatic heterocycles. The van der Waals surface area contributed by atoms with E-state index in [9.17, 15) is 0 Å². The molecule has 46 heavy (non-hydrogen) atoms. The minimum Gasteiger partial charge on any atom is -0.293 e. The maximum absolute atomic E-state index is 5.42. The van der Waals surface area contributed by atoms with E-state index in [1.807, 2.05) is 6.20 Å². The zero-order valence-electron chi connectivity index (χ0n) is 24.8. The van der Waals surface area contributed by atoms with Crippen LogP contribution in [-0.4, -0.2) is 9.97 Å². The van der Waals surface area contributed by atoms with Crippen LogP contribution in [-0.2, 0) is 5.41 Å². The van der Waals surface area contributed by atoms with Crippen molar-refractivity contribution in [3.8, 4) is 33.5 Å². The van der Waals surface area contributed by atoms with E-state index >= 15 is 0 Å². The van der Waals surface area contributed by atoms with Crippen LogP contribution < -0.4 is 4.90 Å². The first-order valence-corrected chi connectivity index (χ1v) is 15.9. The van der Waals surface area contributed by atoms with Crippen LogP contribution in [0.3, 0.4) is 0 Å². The van der Waals surface area contributed by atoms with Gasteiger partial charge >= 0.3 is 0 Å². The van der Waals surface area contributed by atoms with Crippen LogP contribution in [0.2, 0.25) is 0 Å². The summed E-state index contributed by atoms with van der Waals surface area (Å²) in [6.45, 7) is 0. The van der Waals surface area contributed by atoms with Crippen molar-refractivity contribution in [1.82, 2.24) is 9.97 Å². The van der Waals surface area contributed by atoms with E-state index in [0.717, 1.165) is 44.7 Å². The lowest BCUT2D eigenvalue weighted by Gasteiger charge is -2.34. The Balaban J connectivity index is 1.30. The molecule has 8 aromatic rings. The van der Waals surface area contributed by atoms with E-state index in [0.29, 0.717) is 0 Å². The SMILES string of the molecule is c1ccc2c(c1)-c1nccc3c1c(nc1ccccc13)N2c1cccc2c1-c1ccccc1C21c2ccccc2-c2ccccc21. The van der Waals surface area contributed by atoms with E-state index in [1.165, 1.54) is 49.9 Å². The van der Waals surface area contributed by atoms with Crippen molar-refractivity contribution in [2.24, 2.45) is 0 Å². The largest absolute Gasteiger partial charge is 0.293 e. The Morgan fingerprint density at radius 3 is 1.83 bits per heavy atom. The van der Waals surface area contributed by atoms with Gasteiger partial charge in [0.2, 0.25) is 0 Å². The molecule has 0 amide bonds. The Morgan fingerprint density at radius 1 is 0.457 bits per heavy atom. The third-order valence-corrected chi connectivity index (χ3v) is 10.4. The lowest BCUT2D eigenvalue weighted by Crippen LogP contribution is -2.26. The number of para-hydroxylation sites is 2. The zero-order valence-corrected chi connectivity index (χ0v) is 24.8. The molecule has 0 N–H and O–H groups in total. The van der Waals surface area contributed by atoms with Crippen molar-refractivity contribution in [2.45, 2.75) is 5.41 Å². The normalized spacial score (nSPS) is 14.2. The van der Waals surface area contributed by atoms with Gasteiger partial charge in [0, 0.05) is 22.7 Å². The molecule has 0 saturated carbocycles. The Bertz CT molecular complexity index is 2570. The molecule has 3 heterocycles.